The number of nitrogens with one attached hydrogen (secondary N) is 1. The van der Waals surface area contributed by atoms with Gasteiger partial charge in [0.2, 0.25) is 5.95 Å². The van der Waals surface area contributed by atoms with Crippen LogP contribution < -0.4 is 15.6 Å². The van der Waals surface area contributed by atoms with Crippen LogP contribution >= 0.6 is 0 Å². The van der Waals surface area contributed by atoms with Gasteiger partial charge in [-0.15, -0.1) is 0 Å². The number of carbonyl (C=O) groups excluding carboxylic acids is 1. The van der Waals surface area contributed by atoms with Crippen LogP contribution in [0.3, 0.4) is 0 Å². The first-order valence-corrected chi connectivity index (χ1v) is 10.8. The van der Waals surface area contributed by atoms with Crippen LogP contribution in [-0.2, 0) is 4.79 Å². The highest BCUT2D eigenvalue weighted by Gasteiger charge is 2.40. The molecule has 2 unspecified atom stereocenters. The molecule has 3 aliphatic rings. The highest BCUT2D eigenvalue weighted by atomic mass is 19.3. The minimum absolute atomic E-state index is 0.118. The lowest BCUT2D eigenvalue weighted by atomic mass is 9.99. The van der Waals surface area contributed by atoms with E-state index in [0.717, 1.165) is 0 Å². The van der Waals surface area contributed by atoms with Gasteiger partial charge >= 0.3 is 6.61 Å². The molecule has 176 valence electrons. The van der Waals surface area contributed by atoms with E-state index in [1.54, 1.807) is 11.9 Å². The quantitative estimate of drug-likeness (QED) is 0.688. The Morgan fingerprint density at radius 1 is 1.33 bits per heavy atom. The Kier molecular flexibility index (Phi) is 5.22. The fraction of sp³-hybridized carbons (Fsp3) is 0.600. The van der Waals surface area contributed by atoms with Crippen molar-refractivity contribution in [2.24, 2.45) is 10.3 Å². The largest absolute Gasteiger partial charge is 0.429 e. The maximum atomic E-state index is 13.1. The summed E-state index contributed by atoms with van der Waals surface area (Å²) in [6.45, 7) is -1.00. The van der Waals surface area contributed by atoms with E-state index in [2.05, 4.69) is 30.4 Å². The first-order valence-electron chi connectivity index (χ1n) is 10.8. The van der Waals surface area contributed by atoms with Crippen molar-refractivity contribution in [2.75, 3.05) is 11.9 Å². The molecule has 1 amide bonds. The van der Waals surface area contributed by atoms with E-state index < -0.39 is 35.6 Å². The predicted molar refractivity (Wildman–Crippen MR) is 111 cm³/mol. The predicted octanol–water partition coefficient (Wildman–Crippen LogP) is 2.02. The molecule has 1 saturated carbocycles. The Morgan fingerprint density at radius 3 is 2.88 bits per heavy atom. The molecule has 0 bridgehead atoms. The number of carbonyl (C=O) groups is 1. The van der Waals surface area contributed by atoms with Crippen molar-refractivity contribution in [1.29, 1.82) is 0 Å². The molecule has 33 heavy (non-hydrogen) atoms. The van der Waals surface area contributed by atoms with Gasteiger partial charge in [-0.05, 0) is 45.1 Å². The first-order chi connectivity index (χ1) is 15.7. The monoisotopic (exact) mass is 463 g/mol. The number of hydrogen-bond acceptors (Lipinski definition) is 9. The van der Waals surface area contributed by atoms with Crippen LogP contribution in [0, 0.1) is 0 Å². The van der Waals surface area contributed by atoms with Gasteiger partial charge < -0.3 is 15.2 Å². The molecule has 4 atom stereocenters. The lowest BCUT2D eigenvalue weighted by Gasteiger charge is -2.32. The Hall–Kier alpha value is -3.22. The summed E-state index contributed by atoms with van der Waals surface area (Å²) >= 11 is 0. The van der Waals surface area contributed by atoms with Crippen molar-refractivity contribution in [3.05, 3.63) is 22.6 Å². The molecule has 2 fully saturated rings. The molecule has 2 aliphatic heterocycles. The SMILES string of the molecule is C[C@@]1(O)CCC[C@H]1n1c(=O)c(OC(F)F)cc2cnc(NC3CCN4N=NC(=O)C4C3)nc21. The van der Waals surface area contributed by atoms with Crippen molar-refractivity contribution in [3.8, 4) is 5.75 Å². The van der Waals surface area contributed by atoms with E-state index in [9.17, 15) is 23.5 Å². The van der Waals surface area contributed by atoms with Crippen LogP contribution in [0.5, 0.6) is 5.75 Å². The van der Waals surface area contributed by atoms with Crippen molar-refractivity contribution in [3.63, 3.8) is 0 Å². The second kappa shape index (κ2) is 7.97. The smallest absolute Gasteiger partial charge is 0.387 e. The molecule has 5 rings (SSSR count). The number of aliphatic hydroxyl groups is 1. The van der Waals surface area contributed by atoms with E-state index >= 15 is 0 Å². The number of rotatable bonds is 5. The summed E-state index contributed by atoms with van der Waals surface area (Å²) in [5.41, 5.74) is -1.78. The summed E-state index contributed by atoms with van der Waals surface area (Å²) in [5, 5.41) is 23.5. The molecule has 2 aromatic rings. The van der Waals surface area contributed by atoms with Crippen LogP contribution in [0.2, 0.25) is 0 Å². The number of alkyl halides is 2. The van der Waals surface area contributed by atoms with Gasteiger partial charge in [-0.1, -0.05) is 10.3 Å². The van der Waals surface area contributed by atoms with E-state index in [-0.39, 0.29) is 23.5 Å². The van der Waals surface area contributed by atoms with Crippen molar-refractivity contribution in [2.45, 2.75) is 69.4 Å². The molecule has 2 aromatic heterocycles. The fourth-order valence-electron chi connectivity index (χ4n) is 4.94. The minimum atomic E-state index is -3.17. The van der Waals surface area contributed by atoms with Gasteiger partial charge in [0.1, 0.15) is 11.7 Å². The number of halogens is 2. The molecule has 0 aromatic carbocycles. The number of nitrogens with zero attached hydrogens (tertiary/aromatic N) is 6. The van der Waals surface area contributed by atoms with Gasteiger partial charge in [0.15, 0.2) is 5.75 Å². The maximum absolute atomic E-state index is 13.1. The van der Waals surface area contributed by atoms with Crippen LogP contribution in [0.25, 0.3) is 11.0 Å². The van der Waals surface area contributed by atoms with Crippen LogP contribution in [0.1, 0.15) is 45.1 Å². The summed E-state index contributed by atoms with van der Waals surface area (Å²) in [5.74, 6) is -0.581. The average Bonchev–Trinajstić information content (AvgIpc) is 3.30. The molecule has 2 N–H and O–H groups in total. The van der Waals surface area contributed by atoms with Crippen molar-refractivity contribution < 1.29 is 23.4 Å². The number of ether oxygens (including phenoxy) is 1. The topological polar surface area (TPSA) is 134 Å². The second-order valence-electron chi connectivity index (χ2n) is 8.87. The summed E-state index contributed by atoms with van der Waals surface area (Å²) < 4.78 is 31.5. The number of anilines is 1. The van der Waals surface area contributed by atoms with Crippen LogP contribution in [0.15, 0.2) is 27.4 Å². The third kappa shape index (κ3) is 3.90. The minimum Gasteiger partial charge on any atom is -0.429 e. The number of amides is 1. The summed E-state index contributed by atoms with van der Waals surface area (Å²) in [6, 6.07) is -0.00385. The molecule has 13 heteroatoms. The third-order valence-corrected chi connectivity index (χ3v) is 6.60. The fourth-order valence-corrected chi connectivity index (χ4v) is 4.94. The molecule has 11 nitrogen and oxygen atoms in total. The number of pyridine rings is 1. The summed E-state index contributed by atoms with van der Waals surface area (Å²) in [4.78, 5) is 33.8. The lowest BCUT2D eigenvalue weighted by molar-refractivity contribution is -0.121. The van der Waals surface area contributed by atoms with Gasteiger partial charge in [-0.3, -0.25) is 19.2 Å². The number of aromatic nitrogens is 3. The van der Waals surface area contributed by atoms with Gasteiger partial charge in [0.05, 0.1) is 11.6 Å². The van der Waals surface area contributed by atoms with E-state index in [0.29, 0.717) is 44.0 Å². The number of fused-ring (bicyclic) bond motifs is 2. The van der Waals surface area contributed by atoms with E-state index in [1.807, 2.05) is 0 Å². The standard InChI is InChI=1S/C20H23F2N7O4/c1-20(32)5-2-3-14(20)29-15-10(7-13(17(29)31)33-18(21)22)9-23-19(25-15)24-11-4-6-28-12(8-11)16(30)26-27-28/h7,9,11-12,14,18,32H,2-6,8H2,1H3,(H,23,24,25)/t11?,12?,14-,20-/m1/s1. The van der Waals surface area contributed by atoms with Gasteiger partial charge in [-0.2, -0.15) is 13.8 Å². The zero-order valence-electron chi connectivity index (χ0n) is 17.8. The van der Waals surface area contributed by atoms with Crippen LogP contribution in [-0.4, -0.2) is 61.4 Å². The molecular formula is C20H23F2N7O4. The van der Waals surface area contributed by atoms with Crippen LogP contribution in [0.4, 0.5) is 14.7 Å². The Balaban J connectivity index is 1.52. The normalized spacial score (nSPS) is 29.2. The van der Waals surface area contributed by atoms with Crippen molar-refractivity contribution in [1.82, 2.24) is 19.5 Å². The molecule has 1 saturated heterocycles. The highest BCUT2D eigenvalue weighted by Crippen LogP contribution is 2.40. The summed E-state index contributed by atoms with van der Waals surface area (Å²) in [7, 11) is 0. The first kappa shape index (κ1) is 21.6. The molecular weight excluding hydrogens is 440 g/mol. The average molecular weight is 463 g/mol. The van der Waals surface area contributed by atoms with E-state index in [1.165, 1.54) is 16.8 Å². The number of hydrogen-bond donors (Lipinski definition) is 2. The Morgan fingerprint density at radius 2 is 2.15 bits per heavy atom. The molecule has 4 heterocycles. The Bertz CT molecular complexity index is 1180. The third-order valence-electron chi connectivity index (χ3n) is 6.60. The second-order valence-corrected chi connectivity index (χ2v) is 8.87. The molecule has 0 spiro atoms. The zero-order chi connectivity index (χ0) is 23.3. The van der Waals surface area contributed by atoms with Gasteiger partial charge in [-0.25, -0.2) is 4.98 Å². The van der Waals surface area contributed by atoms with Crippen molar-refractivity contribution >= 4 is 22.9 Å². The lowest BCUT2D eigenvalue weighted by Crippen LogP contribution is -2.44. The van der Waals surface area contributed by atoms with Gasteiger partial charge in [0, 0.05) is 24.2 Å². The molecule has 0 radical (unpaired) electrons. The summed E-state index contributed by atoms with van der Waals surface area (Å²) in [6.07, 6.45) is 4.19. The van der Waals surface area contributed by atoms with Gasteiger partial charge in [0.25, 0.3) is 11.5 Å². The number of piperidine rings is 1. The highest BCUT2D eigenvalue weighted by molar-refractivity contribution is 5.83. The Labute approximate surface area is 186 Å². The maximum Gasteiger partial charge on any atom is 0.387 e. The molecule has 1 aliphatic carbocycles. The van der Waals surface area contributed by atoms with E-state index in [4.69, 9.17) is 0 Å². The zero-order valence-corrected chi connectivity index (χ0v) is 17.8.